The summed E-state index contributed by atoms with van der Waals surface area (Å²) in [6.07, 6.45) is 0. The van der Waals surface area contributed by atoms with Gasteiger partial charge in [0.1, 0.15) is 6.04 Å². The van der Waals surface area contributed by atoms with Gasteiger partial charge in [0.25, 0.3) is 0 Å². The van der Waals surface area contributed by atoms with Gasteiger partial charge < -0.3 is 14.8 Å². The van der Waals surface area contributed by atoms with Crippen LogP contribution in [-0.4, -0.2) is 30.9 Å². The summed E-state index contributed by atoms with van der Waals surface area (Å²) in [5.41, 5.74) is 3.24. The third-order valence-corrected chi connectivity index (χ3v) is 3.95. The Bertz CT molecular complexity index is 800. The van der Waals surface area contributed by atoms with Crippen LogP contribution < -0.4 is 14.8 Å². The zero-order chi connectivity index (χ0) is 17.8. The van der Waals surface area contributed by atoms with Gasteiger partial charge in [-0.05, 0) is 26.8 Å². The number of fused-ring (bicyclic) bond motifs is 1. The fraction of sp³-hybridized carbons (Fsp3) is 0.300. The lowest BCUT2D eigenvalue weighted by Gasteiger charge is -2.16. The quantitative estimate of drug-likeness (QED) is 0.905. The van der Waals surface area contributed by atoms with Gasteiger partial charge in [0.15, 0.2) is 11.5 Å². The molecule has 0 bridgehead atoms. The van der Waals surface area contributed by atoms with Crippen molar-refractivity contribution >= 4 is 17.3 Å². The van der Waals surface area contributed by atoms with Gasteiger partial charge in [-0.1, -0.05) is 30.3 Å². The zero-order valence-corrected chi connectivity index (χ0v) is 14.7. The number of ether oxygens (including phenoxy) is 2. The number of anilines is 1. The molecule has 0 aromatic heterocycles. The number of rotatable bonds is 5. The normalized spacial score (nSPS) is 16.4. The highest BCUT2D eigenvalue weighted by molar-refractivity contribution is 6.20. The van der Waals surface area contributed by atoms with Crippen molar-refractivity contribution in [1.29, 1.82) is 0 Å². The smallest absolute Gasteiger partial charge is 0.248 e. The maximum atomic E-state index is 12.3. The third-order valence-electron chi connectivity index (χ3n) is 3.95. The lowest BCUT2D eigenvalue weighted by molar-refractivity contribution is -0.116. The maximum absolute atomic E-state index is 12.3. The van der Waals surface area contributed by atoms with Gasteiger partial charge in [-0.15, -0.1) is 0 Å². The van der Waals surface area contributed by atoms with Crippen molar-refractivity contribution in [3.05, 3.63) is 53.6 Å². The second kappa shape index (κ2) is 7.38. The first kappa shape index (κ1) is 17.0. The van der Waals surface area contributed by atoms with Crippen LogP contribution in [0.4, 0.5) is 5.69 Å². The molecule has 5 heteroatoms. The fourth-order valence-corrected chi connectivity index (χ4v) is 2.78. The average molecular weight is 338 g/mol. The van der Waals surface area contributed by atoms with Gasteiger partial charge in [0, 0.05) is 17.2 Å². The number of benzene rings is 2. The van der Waals surface area contributed by atoms with E-state index < -0.39 is 6.04 Å². The second-order valence-electron chi connectivity index (χ2n) is 5.72. The molecule has 2 aromatic carbocycles. The molecule has 130 valence electrons. The SMILES string of the molecule is CCOc1cc2c(cc1OCC)C(c1ccccc1)=NC(C)C(=O)N2. The van der Waals surface area contributed by atoms with Crippen LogP contribution in [-0.2, 0) is 4.79 Å². The molecule has 0 saturated carbocycles. The van der Waals surface area contributed by atoms with Gasteiger partial charge in [-0.3, -0.25) is 9.79 Å². The van der Waals surface area contributed by atoms with E-state index in [-0.39, 0.29) is 5.91 Å². The molecule has 0 spiro atoms. The number of nitrogens with one attached hydrogen (secondary N) is 1. The molecule has 25 heavy (non-hydrogen) atoms. The molecular weight excluding hydrogens is 316 g/mol. The Kier molecular flexibility index (Phi) is 5.03. The Morgan fingerprint density at radius 3 is 2.32 bits per heavy atom. The maximum Gasteiger partial charge on any atom is 0.248 e. The van der Waals surface area contributed by atoms with E-state index in [4.69, 9.17) is 9.47 Å². The molecule has 0 fully saturated rings. The van der Waals surface area contributed by atoms with E-state index in [1.54, 1.807) is 6.92 Å². The number of aliphatic imine (C=N–C) groups is 1. The van der Waals surface area contributed by atoms with E-state index in [0.29, 0.717) is 30.4 Å². The van der Waals surface area contributed by atoms with Crippen LogP contribution in [0.25, 0.3) is 0 Å². The summed E-state index contributed by atoms with van der Waals surface area (Å²) in [5, 5.41) is 2.95. The van der Waals surface area contributed by atoms with E-state index in [1.165, 1.54) is 0 Å². The van der Waals surface area contributed by atoms with Crippen LogP contribution in [0.15, 0.2) is 47.5 Å². The Hall–Kier alpha value is -2.82. The highest BCUT2D eigenvalue weighted by atomic mass is 16.5. The zero-order valence-electron chi connectivity index (χ0n) is 14.7. The Labute approximate surface area is 147 Å². The molecule has 0 aliphatic carbocycles. The lowest BCUT2D eigenvalue weighted by atomic mass is 10.00. The summed E-state index contributed by atoms with van der Waals surface area (Å²) in [6, 6.07) is 13.1. The number of carbonyl (C=O) groups is 1. The molecule has 1 amide bonds. The van der Waals surface area contributed by atoms with E-state index in [0.717, 1.165) is 16.8 Å². The fourth-order valence-electron chi connectivity index (χ4n) is 2.78. The summed E-state index contributed by atoms with van der Waals surface area (Å²) in [4.78, 5) is 17.0. The topological polar surface area (TPSA) is 59.9 Å². The first-order valence-corrected chi connectivity index (χ1v) is 8.52. The van der Waals surface area contributed by atoms with Crippen molar-refractivity contribution in [1.82, 2.24) is 0 Å². The molecule has 0 radical (unpaired) electrons. The predicted molar refractivity (Wildman–Crippen MR) is 99.0 cm³/mol. The van der Waals surface area contributed by atoms with Crippen LogP contribution in [0, 0.1) is 0 Å². The van der Waals surface area contributed by atoms with Gasteiger partial charge in [0.05, 0.1) is 24.6 Å². The van der Waals surface area contributed by atoms with Crippen LogP contribution in [0.2, 0.25) is 0 Å². The van der Waals surface area contributed by atoms with E-state index in [2.05, 4.69) is 10.3 Å². The van der Waals surface area contributed by atoms with Gasteiger partial charge >= 0.3 is 0 Å². The minimum absolute atomic E-state index is 0.140. The van der Waals surface area contributed by atoms with Gasteiger partial charge in [-0.2, -0.15) is 0 Å². The third kappa shape index (κ3) is 3.50. The average Bonchev–Trinajstić information content (AvgIpc) is 2.73. The number of nitrogens with zero attached hydrogens (tertiary/aromatic N) is 1. The van der Waals surface area contributed by atoms with Gasteiger partial charge in [0.2, 0.25) is 5.91 Å². The second-order valence-corrected chi connectivity index (χ2v) is 5.72. The van der Waals surface area contributed by atoms with Crippen molar-refractivity contribution in [2.75, 3.05) is 18.5 Å². The van der Waals surface area contributed by atoms with Crippen molar-refractivity contribution in [2.24, 2.45) is 4.99 Å². The monoisotopic (exact) mass is 338 g/mol. The molecule has 3 rings (SSSR count). The highest BCUT2D eigenvalue weighted by Gasteiger charge is 2.25. The molecule has 1 unspecified atom stereocenters. The number of hydrogen-bond donors (Lipinski definition) is 1. The molecular formula is C20H22N2O3. The van der Waals surface area contributed by atoms with Crippen LogP contribution in [0.1, 0.15) is 31.9 Å². The molecule has 1 atom stereocenters. The predicted octanol–water partition coefficient (Wildman–Crippen LogP) is 3.66. The number of hydrogen-bond acceptors (Lipinski definition) is 4. The molecule has 0 saturated heterocycles. The van der Waals surface area contributed by atoms with Crippen LogP contribution >= 0.6 is 0 Å². The molecule has 1 heterocycles. The standard InChI is InChI=1S/C20H22N2O3/c1-4-24-17-11-15-16(12-18(17)25-5-2)22-20(23)13(3)21-19(15)14-9-7-6-8-10-14/h6-13H,4-5H2,1-3H3,(H,22,23). The molecule has 1 aliphatic rings. The summed E-state index contributed by atoms with van der Waals surface area (Å²) >= 11 is 0. The van der Waals surface area contributed by atoms with E-state index in [1.807, 2.05) is 56.3 Å². The summed E-state index contributed by atoms with van der Waals surface area (Å²) in [6.45, 7) is 6.68. The Balaban J connectivity index is 2.20. The van der Waals surface area contributed by atoms with E-state index in [9.17, 15) is 4.79 Å². The molecule has 2 aromatic rings. The number of benzodiazepines with no additional fused rings is 1. The first-order valence-electron chi connectivity index (χ1n) is 8.52. The van der Waals surface area contributed by atoms with Crippen molar-refractivity contribution in [3.63, 3.8) is 0 Å². The minimum atomic E-state index is -0.478. The molecule has 1 aliphatic heterocycles. The van der Waals surface area contributed by atoms with Gasteiger partial charge in [-0.25, -0.2) is 0 Å². The Morgan fingerprint density at radius 1 is 1.04 bits per heavy atom. The number of carbonyl (C=O) groups excluding carboxylic acids is 1. The van der Waals surface area contributed by atoms with Crippen molar-refractivity contribution in [3.8, 4) is 11.5 Å². The largest absolute Gasteiger partial charge is 0.490 e. The number of amides is 1. The molecule has 5 nitrogen and oxygen atoms in total. The summed E-state index contributed by atoms with van der Waals surface area (Å²) in [7, 11) is 0. The summed E-state index contributed by atoms with van der Waals surface area (Å²) < 4.78 is 11.4. The summed E-state index contributed by atoms with van der Waals surface area (Å²) in [5.74, 6) is 1.12. The van der Waals surface area contributed by atoms with Crippen molar-refractivity contribution < 1.29 is 14.3 Å². The highest BCUT2D eigenvalue weighted by Crippen LogP contribution is 2.36. The van der Waals surface area contributed by atoms with E-state index >= 15 is 0 Å². The first-order chi connectivity index (χ1) is 12.1. The van der Waals surface area contributed by atoms with Crippen LogP contribution in [0.3, 0.4) is 0 Å². The molecule has 1 N–H and O–H groups in total. The van der Waals surface area contributed by atoms with Crippen molar-refractivity contribution in [2.45, 2.75) is 26.8 Å². The lowest BCUT2D eigenvalue weighted by Crippen LogP contribution is -2.22. The van der Waals surface area contributed by atoms with Crippen LogP contribution in [0.5, 0.6) is 11.5 Å². The minimum Gasteiger partial charge on any atom is -0.490 e. The Morgan fingerprint density at radius 2 is 1.68 bits per heavy atom.